The summed E-state index contributed by atoms with van der Waals surface area (Å²) in [6.45, 7) is 1.21. The summed E-state index contributed by atoms with van der Waals surface area (Å²) in [6, 6.07) is 9.55. The summed E-state index contributed by atoms with van der Waals surface area (Å²) in [5.74, 6) is -3.64. The number of aliphatic carboxylic acids is 2. The average molecular weight is 672 g/mol. The van der Waals surface area contributed by atoms with E-state index in [-0.39, 0.29) is 33.8 Å². The van der Waals surface area contributed by atoms with Gasteiger partial charge in [-0.25, -0.2) is 9.78 Å². The van der Waals surface area contributed by atoms with E-state index in [2.05, 4.69) is 20.4 Å². The molecule has 0 aliphatic carbocycles. The van der Waals surface area contributed by atoms with Gasteiger partial charge in [-0.2, -0.15) is 4.57 Å². The molecule has 2 aliphatic heterocycles. The van der Waals surface area contributed by atoms with Crippen LogP contribution in [-0.4, -0.2) is 78.5 Å². The monoisotopic (exact) mass is 671 g/mol. The minimum absolute atomic E-state index is 0.00526. The molecule has 3 atom stereocenters. The first-order valence-electron chi connectivity index (χ1n) is 13.0. The van der Waals surface area contributed by atoms with Crippen LogP contribution in [0, 0.1) is 0 Å². The molecule has 1 aromatic carbocycles. The van der Waals surface area contributed by atoms with Crippen LogP contribution >= 0.6 is 34.9 Å². The number of nitrogens with two attached hydrogens (primary N) is 3. The molecule has 5 rings (SSSR count). The number of benzene rings is 1. The van der Waals surface area contributed by atoms with Gasteiger partial charge in [-0.3, -0.25) is 14.5 Å². The molecule has 0 radical (unpaired) electrons. The molecule has 0 bridgehead atoms. The van der Waals surface area contributed by atoms with E-state index in [1.807, 2.05) is 30.3 Å². The van der Waals surface area contributed by atoms with Gasteiger partial charge in [0.15, 0.2) is 10.8 Å². The van der Waals surface area contributed by atoms with Gasteiger partial charge < -0.3 is 42.4 Å². The van der Waals surface area contributed by atoms with Crippen molar-refractivity contribution in [2.24, 2.45) is 5.16 Å². The van der Waals surface area contributed by atoms with Crippen molar-refractivity contribution in [2.45, 2.75) is 29.6 Å². The molecule has 2 aliphatic rings. The van der Waals surface area contributed by atoms with Gasteiger partial charge in [0.1, 0.15) is 22.8 Å². The van der Waals surface area contributed by atoms with Gasteiger partial charge in [0.2, 0.25) is 17.7 Å². The Morgan fingerprint density at radius 2 is 2.00 bits per heavy atom. The number of oxime groups is 1. The summed E-state index contributed by atoms with van der Waals surface area (Å²) in [5, 5.41) is 28.8. The zero-order chi connectivity index (χ0) is 32.4. The molecule has 16 nitrogen and oxygen atoms in total. The fraction of sp³-hybridized carbons (Fsp3) is 0.231. The minimum Gasteiger partial charge on any atom is -0.543 e. The second-order valence-corrected chi connectivity index (χ2v) is 12.5. The largest absolute Gasteiger partial charge is 0.543 e. The number of amides is 2. The maximum atomic E-state index is 13.2. The number of carbonyl (C=O) groups excluding carboxylic acids is 3. The fourth-order valence-corrected chi connectivity index (χ4v) is 7.45. The molecular formula is C26H25N9O7S3. The zero-order valence-corrected chi connectivity index (χ0v) is 25.7. The number of para-hydroxylation sites is 1. The SMILES string of the molecule is C[C@@H](O/N=C(\C(=O)NC1C(=O)N2C(C(=O)[O-])=C(CSc3nc(N)cc(N)[n+]3-c3ccccc3)CS[C@@H]12)c1csc(N)n1)C(=O)O. The highest BCUT2D eigenvalue weighted by Gasteiger charge is 2.53. The van der Waals surface area contributed by atoms with Crippen molar-refractivity contribution in [3.05, 3.63) is 58.7 Å². The number of nitrogen functional groups attached to an aromatic ring is 3. The summed E-state index contributed by atoms with van der Waals surface area (Å²) in [4.78, 5) is 64.3. The zero-order valence-electron chi connectivity index (χ0n) is 23.3. The number of hydrogen-bond acceptors (Lipinski definition) is 15. The van der Waals surface area contributed by atoms with Crippen LogP contribution in [0.3, 0.4) is 0 Å². The van der Waals surface area contributed by atoms with Crippen LogP contribution in [0.4, 0.5) is 16.8 Å². The summed E-state index contributed by atoms with van der Waals surface area (Å²) >= 11 is 3.44. The van der Waals surface area contributed by atoms with Gasteiger partial charge in [0.25, 0.3) is 11.8 Å². The highest BCUT2D eigenvalue weighted by atomic mass is 32.2. The number of carboxylic acid groups (broad SMARTS) is 2. The average Bonchev–Trinajstić information content (AvgIpc) is 3.43. The van der Waals surface area contributed by atoms with Crippen LogP contribution in [0.2, 0.25) is 0 Å². The molecule has 2 amide bonds. The first-order valence-corrected chi connectivity index (χ1v) is 15.9. The second kappa shape index (κ2) is 13.0. The van der Waals surface area contributed by atoms with Crippen molar-refractivity contribution in [3.8, 4) is 5.69 Å². The molecular weight excluding hydrogens is 647 g/mol. The van der Waals surface area contributed by atoms with Gasteiger partial charge in [0.05, 0.1) is 17.7 Å². The lowest BCUT2D eigenvalue weighted by Gasteiger charge is -2.50. The number of β-lactam (4-membered cyclic amide) rings is 1. The number of hydrogen-bond donors (Lipinski definition) is 5. The molecule has 3 aromatic rings. The van der Waals surface area contributed by atoms with E-state index >= 15 is 0 Å². The van der Waals surface area contributed by atoms with Crippen molar-refractivity contribution in [2.75, 3.05) is 28.7 Å². The lowest BCUT2D eigenvalue weighted by molar-refractivity contribution is -0.626. The Labute approximate surface area is 267 Å². The summed E-state index contributed by atoms with van der Waals surface area (Å²) in [5.41, 5.74) is 18.3. The van der Waals surface area contributed by atoms with Gasteiger partial charge in [0, 0.05) is 16.9 Å². The van der Waals surface area contributed by atoms with Crippen molar-refractivity contribution >= 4 is 81.1 Å². The normalized spacial score (nSPS) is 18.6. The topological polar surface area (TPSA) is 256 Å². The number of thiazole rings is 1. The smallest absolute Gasteiger partial charge is 0.347 e. The van der Waals surface area contributed by atoms with Crippen molar-refractivity contribution in [1.29, 1.82) is 0 Å². The molecule has 0 saturated carbocycles. The summed E-state index contributed by atoms with van der Waals surface area (Å²) < 4.78 is 1.68. The van der Waals surface area contributed by atoms with Gasteiger partial charge in [-0.05, 0) is 36.4 Å². The van der Waals surface area contributed by atoms with E-state index in [4.69, 9.17) is 27.1 Å². The molecule has 234 valence electrons. The first-order chi connectivity index (χ1) is 21.5. The van der Waals surface area contributed by atoms with E-state index in [9.17, 15) is 24.3 Å². The highest BCUT2D eigenvalue weighted by molar-refractivity contribution is 8.01. The third-order valence-electron chi connectivity index (χ3n) is 6.52. The van der Waals surface area contributed by atoms with Crippen LogP contribution in [-0.2, 0) is 24.0 Å². The number of nitrogens with zero attached hydrogens (tertiary/aromatic N) is 5. The lowest BCUT2D eigenvalue weighted by Crippen LogP contribution is -2.71. The van der Waals surface area contributed by atoms with E-state index in [0.717, 1.165) is 21.9 Å². The molecule has 19 heteroatoms. The number of nitrogens with one attached hydrogen (secondary N) is 1. The van der Waals surface area contributed by atoms with E-state index < -0.39 is 47.0 Å². The molecule has 0 spiro atoms. The minimum atomic E-state index is -1.55. The first kappa shape index (κ1) is 31.5. The van der Waals surface area contributed by atoms with Crippen molar-refractivity contribution in [3.63, 3.8) is 0 Å². The fourth-order valence-electron chi connectivity index (χ4n) is 4.37. The molecule has 2 aromatic heterocycles. The quantitative estimate of drug-likeness (QED) is 0.0407. The van der Waals surface area contributed by atoms with Crippen LogP contribution in [0.25, 0.3) is 5.69 Å². The molecule has 1 fully saturated rings. The number of aromatic nitrogens is 3. The third kappa shape index (κ3) is 6.49. The van der Waals surface area contributed by atoms with Gasteiger partial charge in [-0.15, -0.1) is 23.1 Å². The predicted octanol–water partition coefficient (Wildman–Crippen LogP) is -1.05. The standard InChI is InChI=1S/C26H25N9O7S3/c1-11(23(38)39)42-33-17(14-10-44-25(29)30-14)20(36)32-18-21(37)35-19(24(40)41)12(8-43-22(18)35)9-45-26-31-15(27)7-16(28)34(26)13-5-3-2-4-6-13/h2-7,10-11,18,22H,8-9H2,1H3,(H8,27,28,29,30,32,36,38,39,40,41)/b33-17-/t11-,18?,22+/m1/s1. The Hall–Kier alpha value is -4.88. The Kier molecular flexibility index (Phi) is 9.11. The predicted molar refractivity (Wildman–Crippen MR) is 164 cm³/mol. The maximum absolute atomic E-state index is 13.2. The van der Waals surface area contributed by atoms with Crippen LogP contribution in [0.5, 0.6) is 0 Å². The van der Waals surface area contributed by atoms with Crippen LogP contribution in [0.15, 0.2) is 63.4 Å². The van der Waals surface area contributed by atoms with Crippen molar-refractivity contribution in [1.82, 2.24) is 20.2 Å². The Morgan fingerprint density at radius 1 is 1.27 bits per heavy atom. The number of carboxylic acids is 2. The number of anilines is 3. The van der Waals surface area contributed by atoms with Gasteiger partial charge in [-0.1, -0.05) is 28.3 Å². The second-order valence-electron chi connectivity index (χ2n) is 9.55. The number of thioether (sulfide) groups is 2. The molecule has 8 N–H and O–H groups in total. The summed E-state index contributed by atoms with van der Waals surface area (Å²) in [7, 11) is 0. The lowest BCUT2D eigenvalue weighted by atomic mass is 10.0. The molecule has 1 unspecified atom stereocenters. The Morgan fingerprint density at radius 3 is 2.64 bits per heavy atom. The highest BCUT2D eigenvalue weighted by Crippen LogP contribution is 2.41. The van der Waals surface area contributed by atoms with Crippen LogP contribution < -0.4 is 32.2 Å². The summed E-state index contributed by atoms with van der Waals surface area (Å²) in [6.07, 6.45) is -1.38. The van der Waals surface area contributed by atoms with Gasteiger partial charge >= 0.3 is 11.1 Å². The number of carbonyl (C=O) groups is 4. The van der Waals surface area contributed by atoms with E-state index in [1.165, 1.54) is 41.9 Å². The van der Waals surface area contributed by atoms with E-state index in [1.54, 1.807) is 4.57 Å². The van der Waals surface area contributed by atoms with Crippen molar-refractivity contribution < 1.29 is 38.8 Å². The molecule has 1 saturated heterocycles. The molecule has 45 heavy (non-hydrogen) atoms. The molecule has 4 heterocycles. The Balaban J connectivity index is 1.35. The van der Waals surface area contributed by atoms with Crippen LogP contribution in [0.1, 0.15) is 12.6 Å². The number of fused-ring (bicyclic) bond motifs is 1. The Bertz CT molecular complexity index is 1750. The van der Waals surface area contributed by atoms with E-state index in [0.29, 0.717) is 16.5 Å². The maximum Gasteiger partial charge on any atom is 0.347 e. The third-order valence-corrected chi connectivity index (χ3v) is 9.55. The number of rotatable bonds is 11.